The van der Waals surface area contributed by atoms with Crippen LogP contribution in [0.5, 0.6) is 0 Å². The first-order chi connectivity index (χ1) is 9.54. The second kappa shape index (κ2) is 5.77. The van der Waals surface area contributed by atoms with Gasteiger partial charge < -0.3 is 15.0 Å². The van der Waals surface area contributed by atoms with E-state index in [2.05, 4.69) is 19.9 Å². The lowest BCUT2D eigenvalue weighted by molar-refractivity contribution is 0.0595. The monoisotopic (exact) mass is 277 g/mol. The largest absolute Gasteiger partial charge is 0.464 e. The zero-order chi connectivity index (χ0) is 14.7. The van der Waals surface area contributed by atoms with E-state index < -0.39 is 5.97 Å². The molecule has 0 amide bonds. The highest BCUT2D eigenvalue weighted by Gasteiger charge is 2.18. The zero-order valence-electron chi connectivity index (χ0n) is 11.9. The molecule has 0 aliphatic rings. The molecule has 0 aliphatic heterocycles. The number of carbonyl (C=O) groups is 1. The van der Waals surface area contributed by atoms with Gasteiger partial charge in [0.15, 0.2) is 5.69 Å². The van der Waals surface area contributed by atoms with Crippen molar-refractivity contribution in [3.05, 3.63) is 29.0 Å². The maximum atomic E-state index is 11.5. The number of aryl methyl sites for hydroxylation is 3. The molecule has 7 heteroatoms. The highest BCUT2D eigenvalue weighted by atomic mass is 16.5. The van der Waals surface area contributed by atoms with Crippen molar-refractivity contribution in [1.29, 1.82) is 0 Å². The van der Waals surface area contributed by atoms with Gasteiger partial charge >= 0.3 is 5.97 Å². The first-order valence-corrected chi connectivity index (χ1v) is 6.44. The summed E-state index contributed by atoms with van der Waals surface area (Å²) in [5, 5.41) is 6.90. The Labute approximate surface area is 117 Å². The van der Waals surface area contributed by atoms with E-state index in [4.69, 9.17) is 5.73 Å². The summed E-state index contributed by atoms with van der Waals surface area (Å²) < 4.78 is 6.49. The Bertz CT molecular complexity index is 614. The molecule has 2 rings (SSSR count). The van der Waals surface area contributed by atoms with E-state index in [9.17, 15) is 4.79 Å². The Balaban J connectivity index is 2.05. The number of nitrogen functional groups attached to an aromatic ring is 1. The summed E-state index contributed by atoms with van der Waals surface area (Å²) in [6, 6.07) is 0. The summed E-state index contributed by atoms with van der Waals surface area (Å²) in [6.45, 7) is 4.52. The highest BCUT2D eigenvalue weighted by molar-refractivity contribution is 5.92. The SMILES string of the molecule is COC(=O)c1nc(C)n(CCCc2cn[nH]c2C)c1N. The molecule has 0 spiro atoms. The van der Waals surface area contributed by atoms with Gasteiger partial charge in [0.1, 0.15) is 11.6 Å². The summed E-state index contributed by atoms with van der Waals surface area (Å²) in [6.07, 6.45) is 3.62. The van der Waals surface area contributed by atoms with Crippen LogP contribution in [0.4, 0.5) is 5.82 Å². The average molecular weight is 277 g/mol. The molecule has 2 heterocycles. The molecule has 108 valence electrons. The van der Waals surface area contributed by atoms with Crippen LogP contribution in [0, 0.1) is 13.8 Å². The summed E-state index contributed by atoms with van der Waals surface area (Å²) >= 11 is 0. The number of methoxy groups -OCH3 is 1. The first-order valence-electron chi connectivity index (χ1n) is 6.44. The fourth-order valence-electron chi connectivity index (χ4n) is 2.17. The Kier molecular flexibility index (Phi) is 4.07. The van der Waals surface area contributed by atoms with E-state index in [1.54, 1.807) is 0 Å². The minimum Gasteiger partial charge on any atom is -0.464 e. The van der Waals surface area contributed by atoms with Crippen molar-refractivity contribution in [3.8, 4) is 0 Å². The number of ether oxygens (including phenoxy) is 1. The van der Waals surface area contributed by atoms with Crippen molar-refractivity contribution >= 4 is 11.8 Å². The number of hydrogen-bond donors (Lipinski definition) is 2. The second-order valence-electron chi connectivity index (χ2n) is 4.66. The molecule has 0 aromatic carbocycles. The third kappa shape index (κ3) is 2.66. The number of aromatic amines is 1. The van der Waals surface area contributed by atoms with Crippen molar-refractivity contribution in [2.45, 2.75) is 33.2 Å². The summed E-state index contributed by atoms with van der Waals surface area (Å²) in [5.41, 5.74) is 8.40. The lowest BCUT2D eigenvalue weighted by Crippen LogP contribution is -2.09. The molecule has 0 radical (unpaired) electrons. The topological polar surface area (TPSA) is 98.8 Å². The molecular weight excluding hydrogens is 258 g/mol. The number of rotatable bonds is 5. The van der Waals surface area contributed by atoms with Crippen LogP contribution in [0.1, 0.15) is 34.0 Å². The zero-order valence-corrected chi connectivity index (χ0v) is 11.9. The first kappa shape index (κ1) is 14.1. The number of esters is 1. The standard InChI is InChI=1S/C13H19N5O2/c1-8-10(7-15-17-8)5-4-6-18-9(2)16-11(12(18)14)13(19)20-3/h7H,4-6,14H2,1-3H3,(H,15,17). The van der Waals surface area contributed by atoms with Crippen molar-refractivity contribution in [1.82, 2.24) is 19.7 Å². The Hall–Kier alpha value is -2.31. The van der Waals surface area contributed by atoms with E-state index in [1.807, 2.05) is 24.6 Å². The van der Waals surface area contributed by atoms with Gasteiger partial charge in [0, 0.05) is 12.2 Å². The maximum absolute atomic E-state index is 11.5. The van der Waals surface area contributed by atoms with Crippen LogP contribution in [-0.2, 0) is 17.7 Å². The van der Waals surface area contributed by atoms with Gasteiger partial charge in [-0.3, -0.25) is 5.10 Å². The van der Waals surface area contributed by atoms with E-state index in [-0.39, 0.29) is 5.69 Å². The molecule has 0 saturated heterocycles. The van der Waals surface area contributed by atoms with E-state index in [0.29, 0.717) is 18.2 Å². The predicted octanol–water partition coefficient (Wildman–Crippen LogP) is 1.22. The molecule has 0 fully saturated rings. The van der Waals surface area contributed by atoms with Crippen molar-refractivity contribution in [3.63, 3.8) is 0 Å². The molecular formula is C13H19N5O2. The van der Waals surface area contributed by atoms with Gasteiger partial charge in [-0.15, -0.1) is 0 Å². The van der Waals surface area contributed by atoms with Crippen molar-refractivity contribution in [2.75, 3.05) is 12.8 Å². The number of imidazole rings is 1. The molecule has 2 aromatic rings. The molecule has 0 unspecified atom stereocenters. The van der Waals surface area contributed by atoms with Crippen LogP contribution in [0.15, 0.2) is 6.20 Å². The average Bonchev–Trinajstić information content (AvgIpc) is 2.95. The van der Waals surface area contributed by atoms with Crippen molar-refractivity contribution in [2.24, 2.45) is 0 Å². The summed E-state index contributed by atoms with van der Waals surface area (Å²) in [7, 11) is 1.32. The van der Waals surface area contributed by atoms with Crippen LogP contribution in [-0.4, -0.2) is 32.8 Å². The van der Waals surface area contributed by atoms with E-state index in [0.717, 1.165) is 18.5 Å². The van der Waals surface area contributed by atoms with Gasteiger partial charge in [-0.2, -0.15) is 5.10 Å². The number of carbonyl (C=O) groups excluding carboxylic acids is 1. The van der Waals surface area contributed by atoms with Gasteiger partial charge in [0.2, 0.25) is 0 Å². The number of nitrogens with two attached hydrogens (primary N) is 1. The summed E-state index contributed by atoms with van der Waals surface area (Å²) in [5.74, 6) is 0.570. The van der Waals surface area contributed by atoms with Gasteiger partial charge in [0.25, 0.3) is 0 Å². The lowest BCUT2D eigenvalue weighted by Gasteiger charge is -2.07. The minimum absolute atomic E-state index is 0.185. The van der Waals surface area contributed by atoms with Crippen molar-refractivity contribution < 1.29 is 9.53 Å². The number of anilines is 1. The van der Waals surface area contributed by atoms with Crippen LogP contribution in [0.3, 0.4) is 0 Å². The van der Waals surface area contributed by atoms with Gasteiger partial charge in [-0.1, -0.05) is 0 Å². The molecule has 3 N–H and O–H groups in total. The number of nitrogens with zero attached hydrogens (tertiary/aromatic N) is 3. The van der Waals surface area contributed by atoms with Crippen LogP contribution < -0.4 is 5.73 Å². The fourth-order valence-corrected chi connectivity index (χ4v) is 2.17. The molecule has 20 heavy (non-hydrogen) atoms. The Morgan fingerprint density at radius 1 is 1.50 bits per heavy atom. The lowest BCUT2D eigenvalue weighted by atomic mass is 10.1. The molecule has 0 atom stereocenters. The highest BCUT2D eigenvalue weighted by Crippen LogP contribution is 2.16. The third-order valence-corrected chi connectivity index (χ3v) is 3.34. The summed E-state index contributed by atoms with van der Waals surface area (Å²) in [4.78, 5) is 15.7. The molecule has 0 bridgehead atoms. The van der Waals surface area contributed by atoms with Crippen LogP contribution in [0.2, 0.25) is 0 Å². The quantitative estimate of drug-likeness (QED) is 0.801. The van der Waals surface area contributed by atoms with E-state index in [1.165, 1.54) is 12.7 Å². The van der Waals surface area contributed by atoms with Gasteiger partial charge in [0.05, 0.1) is 13.3 Å². The van der Waals surface area contributed by atoms with E-state index >= 15 is 0 Å². The molecule has 0 saturated carbocycles. The Morgan fingerprint density at radius 2 is 2.25 bits per heavy atom. The third-order valence-electron chi connectivity index (χ3n) is 3.34. The van der Waals surface area contributed by atoms with Crippen LogP contribution in [0.25, 0.3) is 0 Å². The number of aromatic nitrogens is 4. The minimum atomic E-state index is -0.505. The van der Waals surface area contributed by atoms with Crippen LogP contribution >= 0.6 is 0 Å². The predicted molar refractivity (Wildman–Crippen MR) is 74.4 cm³/mol. The fraction of sp³-hybridized carbons (Fsp3) is 0.462. The number of nitrogens with one attached hydrogen (secondary N) is 1. The normalized spacial score (nSPS) is 10.8. The van der Waals surface area contributed by atoms with Gasteiger partial charge in [-0.25, -0.2) is 9.78 Å². The molecule has 7 nitrogen and oxygen atoms in total. The second-order valence-corrected chi connectivity index (χ2v) is 4.66. The van der Waals surface area contributed by atoms with Gasteiger partial charge in [-0.05, 0) is 32.3 Å². The maximum Gasteiger partial charge on any atom is 0.360 e. The molecule has 0 aliphatic carbocycles. The Morgan fingerprint density at radius 3 is 2.85 bits per heavy atom. The smallest absolute Gasteiger partial charge is 0.360 e. The number of hydrogen-bond acceptors (Lipinski definition) is 5. The number of H-pyrrole nitrogens is 1. The molecule has 2 aromatic heterocycles.